The summed E-state index contributed by atoms with van der Waals surface area (Å²) in [7, 11) is 0. The number of carbonyl (C=O) groups is 3. The van der Waals surface area contributed by atoms with Crippen molar-refractivity contribution in [1.29, 1.82) is 0 Å². The molecule has 0 amide bonds. The van der Waals surface area contributed by atoms with Crippen LogP contribution < -0.4 is 5.32 Å². The van der Waals surface area contributed by atoms with Crippen LogP contribution in [0.5, 0.6) is 0 Å². The van der Waals surface area contributed by atoms with Gasteiger partial charge in [0.1, 0.15) is 0 Å². The molecule has 0 spiro atoms. The molecular formula is C26H37NO6. The van der Waals surface area contributed by atoms with Gasteiger partial charge in [-0.2, -0.15) is 0 Å². The van der Waals surface area contributed by atoms with Gasteiger partial charge in [0.25, 0.3) is 0 Å². The van der Waals surface area contributed by atoms with Crippen molar-refractivity contribution in [2.75, 3.05) is 11.9 Å². The Morgan fingerprint density at radius 2 is 1.52 bits per heavy atom. The number of allylic oxidation sites excluding steroid dienone is 3. The van der Waals surface area contributed by atoms with Crippen LogP contribution in [0.1, 0.15) is 81.0 Å². The molecule has 0 bridgehead atoms. The molecule has 0 aromatic heterocycles. The van der Waals surface area contributed by atoms with Gasteiger partial charge >= 0.3 is 17.9 Å². The van der Waals surface area contributed by atoms with E-state index in [4.69, 9.17) is 14.9 Å². The molecule has 0 aliphatic rings. The molecule has 1 atom stereocenters. The summed E-state index contributed by atoms with van der Waals surface area (Å²) in [5.74, 6) is -3.72. The van der Waals surface area contributed by atoms with Crippen molar-refractivity contribution in [1.82, 2.24) is 0 Å². The standard InChI is InChI=1S/C26H37NO6/c1-2-3-4-5-6-7-8-9-10-11-12-13-16-19-27-22-18-15-14-17-21(22)26(32)33-23(25(30)31)20-24(28)29/h2,11-12,14-15,17-18,23,27H,1,3-10,13,16,19-20H2,(H,28,29)(H,30,31)/b12-11+. The Bertz CT molecular complexity index is 774. The van der Waals surface area contributed by atoms with Gasteiger partial charge in [0.15, 0.2) is 0 Å². The monoisotopic (exact) mass is 459 g/mol. The first-order valence-electron chi connectivity index (χ1n) is 11.7. The molecule has 0 saturated heterocycles. The Labute approximate surface area is 196 Å². The molecule has 0 radical (unpaired) electrons. The zero-order chi connectivity index (χ0) is 24.3. The molecule has 1 aromatic rings. The summed E-state index contributed by atoms with van der Waals surface area (Å²) in [6.07, 6.45) is 15.5. The average Bonchev–Trinajstić information content (AvgIpc) is 2.78. The highest BCUT2D eigenvalue weighted by atomic mass is 16.6. The maximum atomic E-state index is 12.4. The molecule has 1 unspecified atom stereocenters. The number of carboxylic acid groups (broad SMARTS) is 2. The van der Waals surface area contributed by atoms with Crippen molar-refractivity contribution in [3.63, 3.8) is 0 Å². The number of ether oxygens (including phenoxy) is 1. The Morgan fingerprint density at radius 1 is 0.909 bits per heavy atom. The van der Waals surface area contributed by atoms with E-state index in [-0.39, 0.29) is 5.56 Å². The highest BCUT2D eigenvalue weighted by Gasteiger charge is 2.26. The molecule has 0 saturated carbocycles. The first-order valence-corrected chi connectivity index (χ1v) is 11.7. The number of hydrogen-bond acceptors (Lipinski definition) is 5. The minimum Gasteiger partial charge on any atom is -0.481 e. The molecule has 0 aliphatic carbocycles. The first-order chi connectivity index (χ1) is 16.0. The number of benzene rings is 1. The second kappa shape index (κ2) is 17.5. The van der Waals surface area contributed by atoms with Crippen LogP contribution in [0.2, 0.25) is 0 Å². The van der Waals surface area contributed by atoms with E-state index in [2.05, 4.69) is 24.0 Å². The van der Waals surface area contributed by atoms with Crippen molar-refractivity contribution in [2.24, 2.45) is 0 Å². The van der Waals surface area contributed by atoms with Crippen LogP contribution in [0, 0.1) is 0 Å². The van der Waals surface area contributed by atoms with E-state index in [1.807, 2.05) is 6.08 Å². The van der Waals surface area contributed by atoms with Crippen LogP contribution in [0.4, 0.5) is 5.69 Å². The van der Waals surface area contributed by atoms with E-state index >= 15 is 0 Å². The number of para-hydroxylation sites is 1. The summed E-state index contributed by atoms with van der Waals surface area (Å²) in [5.41, 5.74) is 0.702. The largest absolute Gasteiger partial charge is 0.481 e. The van der Waals surface area contributed by atoms with E-state index in [0.717, 1.165) is 25.7 Å². The lowest BCUT2D eigenvalue weighted by Gasteiger charge is -2.14. The Balaban J connectivity index is 2.30. The Hall–Kier alpha value is -3.09. The fourth-order valence-corrected chi connectivity index (χ4v) is 3.28. The summed E-state index contributed by atoms with van der Waals surface area (Å²) < 4.78 is 4.90. The van der Waals surface area contributed by atoms with Crippen molar-refractivity contribution in [3.05, 3.63) is 54.6 Å². The van der Waals surface area contributed by atoms with Gasteiger partial charge in [0, 0.05) is 12.2 Å². The molecule has 1 aromatic carbocycles. The Morgan fingerprint density at radius 3 is 2.15 bits per heavy atom. The molecule has 33 heavy (non-hydrogen) atoms. The van der Waals surface area contributed by atoms with Gasteiger partial charge in [0.05, 0.1) is 12.0 Å². The van der Waals surface area contributed by atoms with Crippen molar-refractivity contribution >= 4 is 23.6 Å². The van der Waals surface area contributed by atoms with Crippen molar-refractivity contribution < 1.29 is 29.3 Å². The van der Waals surface area contributed by atoms with Gasteiger partial charge in [-0.25, -0.2) is 9.59 Å². The number of carboxylic acids is 2. The number of carbonyl (C=O) groups excluding carboxylic acids is 1. The maximum absolute atomic E-state index is 12.4. The molecule has 0 heterocycles. The van der Waals surface area contributed by atoms with Gasteiger partial charge < -0.3 is 20.3 Å². The minimum absolute atomic E-state index is 0.175. The predicted molar refractivity (Wildman–Crippen MR) is 130 cm³/mol. The summed E-state index contributed by atoms with van der Waals surface area (Å²) in [6, 6.07) is 6.61. The minimum atomic E-state index is -1.73. The zero-order valence-corrected chi connectivity index (χ0v) is 19.3. The lowest BCUT2D eigenvalue weighted by Crippen LogP contribution is -2.29. The molecule has 182 valence electrons. The third-order valence-electron chi connectivity index (χ3n) is 5.09. The van der Waals surface area contributed by atoms with E-state index in [1.165, 1.54) is 44.6 Å². The summed E-state index contributed by atoms with van der Waals surface area (Å²) in [5, 5.41) is 21.0. The summed E-state index contributed by atoms with van der Waals surface area (Å²) in [6.45, 7) is 4.37. The topological polar surface area (TPSA) is 113 Å². The molecule has 0 fully saturated rings. The molecular weight excluding hydrogens is 422 g/mol. The molecule has 7 nitrogen and oxygen atoms in total. The Kier molecular flexibility index (Phi) is 14.8. The second-order valence-electron chi connectivity index (χ2n) is 7.90. The average molecular weight is 460 g/mol. The van der Waals surface area contributed by atoms with Gasteiger partial charge in [0.2, 0.25) is 6.10 Å². The van der Waals surface area contributed by atoms with Crippen LogP contribution in [-0.4, -0.2) is 40.8 Å². The van der Waals surface area contributed by atoms with Crippen LogP contribution in [0.3, 0.4) is 0 Å². The number of hydrogen-bond donors (Lipinski definition) is 3. The third-order valence-corrected chi connectivity index (χ3v) is 5.09. The molecule has 7 heteroatoms. The number of anilines is 1. The predicted octanol–water partition coefficient (Wildman–Crippen LogP) is 5.83. The van der Waals surface area contributed by atoms with E-state index in [0.29, 0.717) is 12.2 Å². The van der Waals surface area contributed by atoms with Crippen LogP contribution in [0.25, 0.3) is 0 Å². The lowest BCUT2D eigenvalue weighted by atomic mass is 10.1. The second-order valence-corrected chi connectivity index (χ2v) is 7.90. The van der Waals surface area contributed by atoms with E-state index in [1.54, 1.807) is 18.2 Å². The van der Waals surface area contributed by atoms with Crippen molar-refractivity contribution in [3.8, 4) is 0 Å². The zero-order valence-electron chi connectivity index (χ0n) is 19.3. The molecule has 0 aliphatic heterocycles. The number of aliphatic carboxylic acids is 2. The number of unbranched alkanes of at least 4 members (excludes halogenated alkanes) is 8. The highest BCUT2D eigenvalue weighted by molar-refractivity contribution is 5.97. The van der Waals surface area contributed by atoms with Crippen molar-refractivity contribution in [2.45, 2.75) is 76.7 Å². The van der Waals surface area contributed by atoms with E-state index in [9.17, 15) is 14.4 Å². The van der Waals surface area contributed by atoms with E-state index < -0.39 is 30.4 Å². The van der Waals surface area contributed by atoms with Gasteiger partial charge in [-0.15, -0.1) is 6.58 Å². The van der Waals surface area contributed by atoms with Crippen LogP contribution in [0.15, 0.2) is 49.1 Å². The number of rotatable bonds is 19. The maximum Gasteiger partial charge on any atom is 0.345 e. The number of nitrogens with one attached hydrogen (secondary N) is 1. The van der Waals surface area contributed by atoms with Gasteiger partial charge in [-0.3, -0.25) is 4.79 Å². The van der Waals surface area contributed by atoms with Crippen LogP contribution >= 0.6 is 0 Å². The molecule has 1 rings (SSSR count). The lowest BCUT2D eigenvalue weighted by molar-refractivity contribution is -0.153. The summed E-state index contributed by atoms with van der Waals surface area (Å²) in [4.78, 5) is 34.3. The normalized spacial score (nSPS) is 11.8. The highest BCUT2D eigenvalue weighted by Crippen LogP contribution is 2.18. The first kappa shape index (κ1) is 27.9. The fourth-order valence-electron chi connectivity index (χ4n) is 3.28. The third kappa shape index (κ3) is 13.1. The van der Waals surface area contributed by atoms with Crippen LogP contribution in [-0.2, 0) is 14.3 Å². The molecule has 3 N–H and O–H groups in total. The smallest absolute Gasteiger partial charge is 0.345 e. The fraction of sp³-hybridized carbons (Fsp3) is 0.500. The SMILES string of the molecule is C=CCCCCCCCC/C=C/CCCNc1ccccc1C(=O)OC(CC(=O)O)C(=O)O. The number of esters is 1. The quantitative estimate of drug-likeness (QED) is 0.136. The van der Waals surface area contributed by atoms with Gasteiger partial charge in [-0.1, -0.05) is 56.0 Å². The van der Waals surface area contributed by atoms with Gasteiger partial charge in [-0.05, 0) is 50.7 Å². The summed E-state index contributed by atoms with van der Waals surface area (Å²) >= 11 is 0.